The summed E-state index contributed by atoms with van der Waals surface area (Å²) < 4.78 is 17.8. The highest BCUT2D eigenvalue weighted by Crippen LogP contribution is 2.19. The van der Waals surface area contributed by atoms with Crippen molar-refractivity contribution in [3.05, 3.63) is 35.9 Å². The van der Waals surface area contributed by atoms with Crippen molar-refractivity contribution in [3.8, 4) is 11.5 Å². The fourth-order valence-corrected chi connectivity index (χ4v) is 1.25. The van der Waals surface area contributed by atoms with Gasteiger partial charge in [0.25, 0.3) is 5.89 Å². The Morgan fingerprint density at radius 2 is 2.00 bits per heavy atom. The third-order valence-electron chi connectivity index (χ3n) is 2.35. The van der Waals surface area contributed by atoms with Crippen LogP contribution in [0.1, 0.15) is 18.8 Å². The SMILES string of the molecule is CNC(C)c1noc(-c2ccc(F)cc2)n1. The van der Waals surface area contributed by atoms with Crippen molar-refractivity contribution >= 4 is 0 Å². The Morgan fingerprint density at radius 3 is 2.62 bits per heavy atom. The molecule has 0 spiro atoms. The van der Waals surface area contributed by atoms with Gasteiger partial charge in [-0.2, -0.15) is 4.98 Å². The van der Waals surface area contributed by atoms with Crippen molar-refractivity contribution in [1.29, 1.82) is 0 Å². The van der Waals surface area contributed by atoms with Gasteiger partial charge in [-0.05, 0) is 38.2 Å². The molecule has 84 valence electrons. The highest BCUT2D eigenvalue weighted by molar-refractivity contribution is 5.52. The molecular formula is C11H12FN3O. The smallest absolute Gasteiger partial charge is 0.257 e. The summed E-state index contributed by atoms with van der Waals surface area (Å²) in [5.74, 6) is 0.700. The standard InChI is InChI=1S/C11H12FN3O/c1-7(13-2)10-14-11(16-15-10)8-3-5-9(12)6-4-8/h3-7,13H,1-2H3. The topological polar surface area (TPSA) is 51.0 Å². The highest BCUT2D eigenvalue weighted by Gasteiger charge is 2.12. The summed E-state index contributed by atoms with van der Waals surface area (Å²) in [5, 5.41) is 6.85. The Kier molecular flexibility index (Phi) is 2.96. The Balaban J connectivity index is 2.28. The van der Waals surface area contributed by atoms with E-state index in [0.29, 0.717) is 17.3 Å². The molecule has 1 unspecified atom stereocenters. The molecule has 0 bridgehead atoms. The fourth-order valence-electron chi connectivity index (χ4n) is 1.25. The molecule has 1 heterocycles. The van der Waals surface area contributed by atoms with Gasteiger partial charge in [0.05, 0.1) is 6.04 Å². The second-order valence-corrected chi connectivity index (χ2v) is 3.47. The molecule has 4 nitrogen and oxygen atoms in total. The lowest BCUT2D eigenvalue weighted by Crippen LogP contribution is -2.13. The maximum Gasteiger partial charge on any atom is 0.257 e. The van der Waals surface area contributed by atoms with E-state index in [-0.39, 0.29) is 11.9 Å². The van der Waals surface area contributed by atoms with Crippen LogP contribution in [0, 0.1) is 5.82 Å². The molecule has 0 aliphatic carbocycles. The summed E-state index contributed by atoms with van der Waals surface area (Å²) in [6.45, 7) is 1.93. The maximum atomic E-state index is 12.7. The number of hydrogen-bond donors (Lipinski definition) is 1. The summed E-state index contributed by atoms with van der Waals surface area (Å²) in [6.07, 6.45) is 0. The predicted octanol–water partition coefficient (Wildman–Crippen LogP) is 2.16. The molecule has 2 aromatic rings. The molecule has 0 radical (unpaired) electrons. The normalized spacial score (nSPS) is 12.7. The van der Waals surface area contributed by atoms with E-state index in [2.05, 4.69) is 15.5 Å². The second kappa shape index (κ2) is 4.40. The van der Waals surface area contributed by atoms with Crippen LogP contribution in [-0.2, 0) is 0 Å². The minimum absolute atomic E-state index is 0.0259. The van der Waals surface area contributed by atoms with Crippen molar-refractivity contribution in [2.24, 2.45) is 0 Å². The second-order valence-electron chi connectivity index (χ2n) is 3.47. The van der Waals surface area contributed by atoms with E-state index in [1.165, 1.54) is 12.1 Å². The lowest BCUT2D eigenvalue weighted by molar-refractivity contribution is 0.413. The Labute approximate surface area is 92.5 Å². The third-order valence-corrected chi connectivity index (χ3v) is 2.35. The third kappa shape index (κ3) is 2.09. The Hall–Kier alpha value is -1.75. The van der Waals surface area contributed by atoms with Crippen LogP contribution in [0.25, 0.3) is 11.5 Å². The molecule has 5 heteroatoms. The fraction of sp³-hybridized carbons (Fsp3) is 0.273. The van der Waals surface area contributed by atoms with Gasteiger partial charge in [0.15, 0.2) is 5.82 Å². The van der Waals surface area contributed by atoms with Crippen molar-refractivity contribution in [1.82, 2.24) is 15.5 Å². The van der Waals surface area contributed by atoms with E-state index in [9.17, 15) is 4.39 Å². The van der Waals surface area contributed by atoms with Crippen LogP contribution in [0.4, 0.5) is 4.39 Å². The van der Waals surface area contributed by atoms with E-state index in [4.69, 9.17) is 4.52 Å². The zero-order chi connectivity index (χ0) is 11.5. The van der Waals surface area contributed by atoms with Gasteiger partial charge in [0.2, 0.25) is 0 Å². The van der Waals surface area contributed by atoms with E-state index < -0.39 is 0 Å². The van der Waals surface area contributed by atoms with Gasteiger partial charge in [0.1, 0.15) is 5.82 Å². The maximum absolute atomic E-state index is 12.7. The van der Waals surface area contributed by atoms with Crippen molar-refractivity contribution in [2.75, 3.05) is 7.05 Å². The predicted molar refractivity (Wildman–Crippen MR) is 57.2 cm³/mol. The average Bonchev–Trinajstić information content (AvgIpc) is 2.78. The molecule has 0 aliphatic rings. The molecule has 16 heavy (non-hydrogen) atoms. The van der Waals surface area contributed by atoms with Crippen molar-refractivity contribution < 1.29 is 8.91 Å². The summed E-state index contributed by atoms with van der Waals surface area (Å²) in [4.78, 5) is 4.22. The zero-order valence-electron chi connectivity index (χ0n) is 9.07. The van der Waals surface area contributed by atoms with Gasteiger partial charge in [0, 0.05) is 5.56 Å². The zero-order valence-corrected chi connectivity index (χ0v) is 9.07. The van der Waals surface area contributed by atoms with Gasteiger partial charge in [-0.25, -0.2) is 4.39 Å². The van der Waals surface area contributed by atoms with E-state index >= 15 is 0 Å². The van der Waals surface area contributed by atoms with Crippen LogP contribution in [0.2, 0.25) is 0 Å². The molecule has 0 aliphatic heterocycles. The molecule has 1 aromatic carbocycles. The molecular weight excluding hydrogens is 209 g/mol. The summed E-state index contributed by atoms with van der Waals surface area (Å²) in [7, 11) is 1.82. The monoisotopic (exact) mass is 221 g/mol. The summed E-state index contributed by atoms with van der Waals surface area (Å²) >= 11 is 0. The van der Waals surface area contributed by atoms with Crippen molar-refractivity contribution in [3.63, 3.8) is 0 Å². The molecule has 0 fully saturated rings. The van der Waals surface area contributed by atoms with E-state index in [1.54, 1.807) is 12.1 Å². The van der Waals surface area contributed by atoms with E-state index in [0.717, 1.165) is 0 Å². The largest absolute Gasteiger partial charge is 0.334 e. The molecule has 0 saturated heterocycles. The molecule has 2 rings (SSSR count). The Morgan fingerprint density at radius 1 is 1.31 bits per heavy atom. The first kappa shape index (κ1) is 10.8. The number of nitrogens with one attached hydrogen (secondary N) is 1. The van der Waals surface area contributed by atoms with Gasteiger partial charge in [-0.1, -0.05) is 5.16 Å². The molecule has 1 atom stereocenters. The molecule has 0 amide bonds. The lowest BCUT2D eigenvalue weighted by atomic mass is 10.2. The first-order valence-corrected chi connectivity index (χ1v) is 4.97. The number of aromatic nitrogens is 2. The number of halogens is 1. The van der Waals surface area contributed by atoms with Crippen LogP contribution < -0.4 is 5.32 Å². The van der Waals surface area contributed by atoms with Gasteiger partial charge in [-0.3, -0.25) is 0 Å². The van der Waals surface area contributed by atoms with Crippen LogP contribution in [-0.4, -0.2) is 17.2 Å². The molecule has 1 aromatic heterocycles. The summed E-state index contributed by atoms with van der Waals surface area (Å²) in [6, 6.07) is 5.97. The minimum atomic E-state index is -0.285. The Bertz CT molecular complexity index is 466. The van der Waals surface area contributed by atoms with Gasteiger partial charge in [-0.15, -0.1) is 0 Å². The van der Waals surface area contributed by atoms with Crippen LogP contribution in [0.15, 0.2) is 28.8 Å². The van der Waals surface area contributed by atoms with Crippen LogP contribution in [0.3, 0.4) is 0 Å². The number of nitrogens with zero attached hydrogens (tertiary/aromatic N) is 2. The number of rotatable bonds is 3. The van der Waals surface area contributed by atoms with Gasteiger partial charge < -0.3 is 9.84 Å². The lowest BCUT2D eigenvalue weighted by Gasteiger charge is -2.01. The average molecular weight is 221 g/mol. The first-order valence-electron chi connectivity index (χ1n) is 4.97. The van der Waals surface area contributed by atoms with Gasteiger partial charge >= 0.3 is 0 Å². The quantitative estimate of drug-likeness (QED) is 0.862. The number of benzene rings is 1. The molecule has 1 N–H and O–H groups in total. The first-order chi connectivity index (χ1) is 7.70. The highest BCUT2D eigenvalue weighted by atomic mass is 19.1. The van der Waals surface area contributed by atoms with Crippen LogP contribution >= 0.6 is 0 Å². The van der Waals surface area contributed by atoms with Crippen molar-refractivity contribution in [2.45, 2.75) is 13.0 Å². The van der Waals surface area contributed by atoms with Crippen LogP contribution in [0.5, 0.6) is 0 Å². The molecule has 0 saturated carbocycles. The van der Waals surface area contributed by atoms with E-state index in [1.807, 2.05) is 14.0 Å². The summed E-state index contributed by atoms with van der Waals surface area (Å²) in [5.41, 5.74) is 0.712. The number of hydrogen-bond acceptors (Lipinski definition) is 4. The minimum Gasteiger partial charge on any atom is -0.334 e.